The molecule has 0 aromatic heterocycles. The number of hydrogen-bond acceptors (Lipinski definition) is 3. The average Bonchev–Trinajstić information content (AvgIpc) is 2.20. The zero-order valence-electron chi connectivity index (χ0n) is 9.38. The van der Waals surface area contributed by atoms with E-state index in [4.69, 9.17) is 0 Å². The molecule has 0 bridgehead atoms. The number of alkyl halides is 4. The molecule has 0 spiro atoms. The molecule has 0 fully saturated rings. The lowest BCUT2D eigenvalue weighted by Gasteiger charge is -2.24. The van der Waals surface area contributed by atoms with Gasteiger partial charge in [0.05, 0.1) is 18.4 Å². The van der Waals surface area contributed by atoms with Crippen LogP contribution in [0.3, 0.4) is 0 Å². The van der Waals surface area contributed by atoms with Crippen molar-refractivity contribution >= 4 is 27.8 Å². The van der Waals surface area contributed by atoms with Crippen molar-refractivity contribution in [2.75, 3.05) is 20.2 Å². The summed E-state index contributed by atoms with van der Waals surface area (Å²) in [6.45, 7) is -0.274. The fraction of sp³-hybridized carbons (Fsp3) is 0.778. The summed E-state index contributed by atoms with van der Waals surface area (Å²) < 4.78 is 40.9. The van der Waals surface area contributed by atoms with Crippen molar-refractivity contribution in [3.8, 4) is 0 Å². The van der Waals surface area contributed by atoms with Gasteiger partial charge < -0.3 is 9.64 Å². The summed E-state index contributed by atoms with van der Waals surface area (Å²) in [6, 6.07) is 0. The van der Waals surface area contributed by atoms with E-state index >= 15 is 0 Å². The third kappa shape index (κ3) is 7.19. The Morgan fingerprint density at radius 3 is 2.29 bits per heavy atom. The van der Waals surface area contributed by atoms with Gasteiger partial charge >= 0.3 is 12.1 Å². The smallest absolute Gasteiger partial charge is 0.406 e. The molecule has 0 heterocycles. The van der Waals surface area contributed by atoms with E-state index in [1.165, 1.54) is 6.92 Å². The van der Waals surface area contributed by atoms with E-state index in [2.05, 4.69) is 20.7 Å². The van der Waals surface area contributed by atoms with Gasteiger partial charge in [-0.25, -0.2) is 0 Å². The number of esters is 1. The first-order chi connectivity index (χ1) is 7.67. The number of hydrogen-bond donors (Lipinski definition) is 0. The molecule has 0 saturated heterocycles. The zero-order chi connectivity index (χ0) is 13.6. The van der Waals surface area contributed by atoms with Crippen LogP contribution in [-0.2, 0) is 14.3 Å². The van der Waals surface area contributed by atoms with Gasteiger partial charge in [-0.2, -0.15) is 13.2 Å². The number of carbonyl (C=O) groups is 2. The molecule has 1 amide bonds. The zero-order valence-corrected chi connectivity index (χ0v) is 11.0. The van der Waals surface area contributed by atoms with Gasteiger partial charge in [-0.1, -0.05) is 15.9 Å². The molecule has 0 saturated carbocycles. The average molecular weight is 320 g/mol. The lowest BCUT2D eigenvalue weighted by molar-refractivity contribution is -0.162. The second kappa shape index (κ2) is 6.83. The summed E-state index contributed by atoms with van der Waals surface area (Å²) in [4.78, 5) is 22.1. The standard InChI is InChI=1S/C9H13BrF3NO3/c1-6(10)8(16)14(5-9(11,12)13)4-3-7(15)17-2/h6H,3-5H2,1-2H3. The van der Waals surface area contributed by atoms with Crippen molar-refractivity contribution < 1.29 is 27.5 Å². The van der Waals surface area contributed by atoms with Crippen LogP contribution in [-0.4, -0.2) is 48.0 Å². The first-order valence-electron chi connectivity index (χ1n) is 4.73. The highest BCUT2D eigenvalue weighted by Gasteiger charge is 2.34. The van der Waals surface area contributed by atoms with Crippen molar-refractivity contribution in [1.29, 1.82) is 0 Å². The van der Waals surface area contributed by atoms with E-state index in [0.29, 0.717) is 4.90 Å². The molecule has 0 aromatic rings. The summed E-state index contributed by atoms with van der Waals surface area (Å²) in [5, 5.41) is 0. The van der Waals surface area contributed by atoms with Crippen LogP contribution in [0, 0.1) is 0 Å². The molecule has 0 aliphatic carbocycles. The molecular weight excluding hydrogens is 307 g/mol. The molecular formula is C9H13BrF3NO3. The largest absolute Gasteiger partial charge is 0.469 e. The Morgan fingerprint density at radius 1 is 1.41 bits per heavy atom. The Balaban J connectivity index is 4.52. The summed E-state index contributed by atoms with van der Waals surface area (Å²) in [6.07, 6.45) is -4.76. The third-order valence-corrected chi connectivity index (χ3v) is 2.23. The maximum atomic E-state index is 12.2. The van der Waals surface area contributed by atoms with Crippen molar-refractivity contribution in [2.24, 2.45) is 0 Å². The van der Waals surface area contributed by atoms with Gasteiger partial charge in [0.25, 0.3) is 0 Å². The second-order valence-electron chi connectivity index (χ2n) is 3.32. The number of carbonyl (C=O) groups excluding carboxylic acids is 2. The molecule has 0 aliphatic heterocycles. The van der Waals surface area contributed by atoms with Crippen LogP contribution in [0.5, 0.6) is 0 Å². The fourth-order valence-corrected chi connectivity index (χ4v) is 1.35. The van der Waals surface area contributed by atoms with Gasteiger partial charge in [0.2, 0.25) is 5.91 Å². The van der Waals surface area contributed by atoms with Gasteiger partial charge in [0, 0.05) is 6.54 Å². The second-order valence-corrected chi connectivity index (χ2v) is 4.69. The van der Waals surface area contributed by atoms with E-state index in [0.717, 1.165) is 7.11 Å². The Labute approximate surface area is 105 Å². The minimum atomic E-state index is -4.49. The van der Waals surface area contributed by atoms with Crippen LogP contribution in [0.4, 0.5) is 13.2 Å². The summed E-state index contributed by atoms with van der Waals surface area (Å²) in [5.74, 6) is -1.38. The summed E-state index contributed by atoms with van der Waals surface area (Å²) >= 11 is 2.90. The predicted octanol–water partition coefficient (Wildman–Crippen LogP) is 1.72. The van der Waals surface area contributed by atoms with Crippen LogP contribution >= 0.6 is 15.9 Å². The van der Waals surface area contributed by atoms with Gasteiger partial charge in [-0.05, 0) is 6.92 Å². The van der Waals surface area contributed by atoms with Crippen LogP contribution in [0.1, 0.15) is 13.3 Å². The van der Waals surface area contributed by atoms with Crippen LogP contribution in [0.25, 0.3) is 0 Å². The van der Waals surface area contributed by atoms with Crippen LogP contribution in [0.2, 0.25) is 0 Å². The number of rotatable bonds is 5. The highest BCUT2D eigenvalue weighted by atomic mass is 79.9. The maximum absolute atomic E-state index is 12.2. The van der Waals surface area contributed by atoms with E-state index in [9.17, 15) is 22.8 Å². The number of nitrogens with zero attached hydrogens (tertiary/aromatic N) is 1. The van der Waals surface area contributed by atoms with Gasteiger partial charge in [0.1, 0.15) is 6.54 Å². The SMILES string of the molecule is COC(=O)CCN(CC(F)(F)F)C(=O)C(C)Br. The van der Waals surface area contributed by atoms with Crippen molar-refractivity contribution in [3.63, 3.8) is 0 Å². The number of halogens is 4. The lowest BCUT2D eigenvalue weighted by Crippen LogP contribution is -2.43. The predicted molar refractivity (Wildman–Crippen MR) is 57.7 cm³/mol. The van der Waals surface area contributed by atoms with Gasteiger partial charge in [-0.15, -0.1) is 0 Å². The molecule has 100 valence electrons. The maximum Gasteiger partial charge on any atom is 0.406 e. The quantitative estimate of drug-likeness (QED) is 0.572. The number of ether oxygens (including phenoxy) is 1. The highest BCUT2D eigenvalue weighted by molar-refractivity contribution is 9.10. The van der Waals surface area contributed by atoms with Crippen molar-refractivity contribution in [3.05, 3.63) is 0 Å². The topological polar surface area (TPSA) is 46.6 Å². The highest BCUT2D eigenvalue weighted by Crippen LogP contribution is 2.18. The Kier molecular flexibility index (Phi) is 6.51. The monoisotopic (exact) mass is 319 g/mol. The molecule has 0 N–H and O–H groups in total. The molecule has 17 heavy (non-hydrogen) atoms. The minimum absolute atomic E-state index is 0.266. The number of amides is 1. The van der Waals surface area contributed by atoms with E-state index in [1.54, 1.807) is 0 Å². The summed E-state index contributed by atoms with van der Waals surface area (Å²) in [5.41, 5.74) is 0. The molecule has 0 radical (unpaired) electrons. The molecule has 0 aliphatic rings. The van der Waals surface area contributed by atoms with E-state index in [-0.39, 0.29) is 13.0 Å². The first-order valence-corrected chi connectivity index (χ1v) is 5.65. The van der Waals surface area contributed by atoms with Crippen LogP contribution < -0.4 is 0 Å². The minimum Gasteiger partial charge on any atom is -0.469 e. The third-order valence-electron chi connectivity index (χ3n) is 1.84. The van der Waals surface area contributed by atoms with E-state index in [1.807, 2.05) is 0 Å². The Bertz CT molecular complexity index is 281. The Hall–Kier alpha value is -0.790. The lowest BCUT2D eigenvalue weighted by atomic mass is 10.3. The first kappa shape index (κ1) is 16.2. The van der Waals surface area contributed by atoms with Crippen LogP contribution in [0.15, 0.2) is 0 Å². The molecule has 1 unspecified atom stereocenters. The molecule has 0 rings (SSSR count). The molecule has 4 nitrogen and oxygen atoms in total. The fourth-order valence-electron chi connectivity index (χ4n) is 1.06. The van der Waals surface area contributed by atoms with E-state index < -0.39 is 29.4 Å². The van der Waals surface area contributed by atoms with Gasteiger partial charge in [-0.3, -0.25) is 9.59 Å². The Morgan fingerprint density at radius 2 is 1.94 bits per heavy atom. The molecule has 0 aromatic carbocycles. The number of methoxy groups -OCH3 is 1. The normalized spacial score (nSPS) is 13.1. The molecule has 1 atom stereocenters. The van der Waals surface area contributed by atoms with Gasteiger partial charge in [0.15, 0.2) is 0 Å². The molecule has 8 heteroatoms. The van der Waals surface area contributed by atoms with Crippen molar-refractivity contribution in [1.82, 2.24) is 4.90 Å². The van der Waals surface area contributed by atoms with Crippen molar-refractivity contribution in [2.45, 2.75) is 24.3 Å². The summed E-state index contributed by atoms with van der Waals surface area (Å²) in [7, 11) is 1.13.